The Balaban J connectivity index is 5.04. The highest BCUT2D eigenvalue weighted by Crippen LogP contribution is 2.35. The van der Waals surface area contributed by atoms with Gasteiger partial charge in [0.05, 0.1) is 19.8 Å². The lowest BCUT2D eigenvalue weighted by Gasteiger charge is -2.40. The summed E-state index contributed by atoms with van der Waals surface area (Å²) >= 11 is 3.57. The van der Waals surface area contributed by atoms with E-state index < -0.39 is 5.97 Å². The number of hydrogen-bond donors (Lipinski definition) is 0. The second kappa shape index (κ2) is 19.7. The van der Waals surface area contributed by atoms with Gasteiger partial charge >= 0.3 is 0 Å². The van der Waals surface area contributed by atoms with Crippen LogP contribution in [-0.2, 0) is 14.2 Å². The van der Waals surface area contributed by atoms with Crippen molar-refractivity contribution in [1.82, 2.24) is 0 Å². The van der Waals surface area contributed by atoms with Crippen LogP contribution in [0.4, 0.5) is 0 Å². The molecule has 1 atom stereocenters. The van der Waals surface area contributed by atoms with E-state index >= 15 is 0 Å². The largest absolute Gasteiger partial charge is 0.327 e. The summed E-state index contributed by atoms with van der Waals surface area (Å²) in [5, 5.41) is 1.06. The zero-order valence-corrected chi connectivity index (χ0v) is 20.3. The lowest BCUT2D eigenvalue weighted by Crippen LogP contribution is -2.47. The number of rotatable bonds is 21. The fourth-order valence-corrected chi connectivity index (χ4v) is 3.76. The Hall–Kier alpha value is 0.360. The molecule has 0 aliphatic carbocycles. The standard InChI is InChI=1S/C23H47BrO3/c1-5-9-10-11-12-13-16-22(17-14-15-18-24)23(25-19-6-2,26-20-7-3)27-21-8-4/h22H,5-21H2,1-4H3. The predicted octanol–water partition coefficient (Wildman–Crippen LogP) is 7.85. The van der Waals surface area contributed by atoms with Gasteiger partial charge in [-0.05, 0) is 38.5 Å². The van der Waals surface area contributed by atoms with Crippen molar-refractivity contribution in [3.63, 3.8) is 0 Å². The molecule has 0 heterocycles. The molecule has 164 valence electrons. The molecular formula is C23H47BrO3. The van der Waals surface area contributed by atoms with Crippen LogP contribution in [0.2, 0.25) is 0 Å². The summed E-state index contributed by atoms with van der Waals surface area (Å²) in [7, 11) is 0. The number of ether oxygens (including phenoxy) is 3. The van der Waals surface area contributed by atoms with Crippen molar-refractivity contribution in [2.45, 2.75) is 117 Å². The Bertz CT molecular complexity index is 278. The maximum absolute atomic E-state index is 6.32. The molecule has 1 unspecified atom stereocenters. The summed E-state index contributed by atoms with van der Waals surface area (Å²) in [6.45, 7) is 10.8. The van der Waals surface area contributed by atoms with E-state index in [-0.39, 0.29) is 0 Å². The molecular weight excluding hydrogens is 404 g/mol. The second-order valence-electron chi connectivity index (χ2n) is 7.59. The van der Waals surface area contributed by atoms with Crippen LogP contribution in [0.3, 0.4) is 0 Å². The summed E-state index contributed by atoms with van der Waals surface area (Å²) in [5.41, 5.74) is 0. The molecule has 4 heteroatoms. The van der Waals surface area contributed by atoms with E-state index in [1.165, 1.54) is 51.4 Å². The summed E-state index contributed by atoms with van der Waals surface area (Å²) in [4.78, 5) is 0. The Labute approximate surface area is 178 Å². The topological polar surface area (TPSA) is 27.7 Å². The van der Waals surface area contributed by atoms with E-state index in [1.807, 2.05) is 0 Å². The SMILES string of the molecule is CCCCCCCCC(CCCCBr)C(OCCC)(OCCC)OCCC. The molecule has 0 aliphatic rings. The quantitative estimate of drug-likeness (QED) is 0.101. The van der Waals surface area contributed by atoms with Gasteiger partial charge in [-0.3, -0.25) is 0 Å². The van der Waals surface area contributed by atoms with Crippen molar-refractivity contribution in [1.29, 1.82) is 0 Å². The molecule has 27 heavy (non-hydrogen) atoms. The third-order valence-corrected chi connectivity index (χ3v) is 5.43. The second-order valence-corrected chi connectivity index (χ2v) is 8.38. The molecule has 0 aliphatic heterocycles. The van der Waals surface area contributed by atoms with Crippen molar-refractivity contribution >= 4 is 15.9 Å². The van der Waals surface area contributed by atoms with Crippen LogP contribution in [0.1, 0.15) is 111 Å². The van der Waals surface area contributed by atoms with Crippen molar-refractivity contribution < 1.29 is 14.2 Å². The highest BCUT2D eigenvalue weighted by molar-refractivity contribution is 9.09. The van der Waals surface area contributed by atoms with Gasteiger partial charge in [-0.15, -0.1) is 0 Å². The minimum Gasteiger partial charge on any atom is -0.327 e. The van der Waals surface area contributed by atoms with Crippen LogP contribution in [0.25, 0.3) is 0 Å². The van der Waals surface area contributed by atoms with Crippen molar-refractivity contribution in [3.8, 4) is 0 Å². The molecule has 3 nitrogen and oxygen atoms in total. The van der Waals surface area contributed by atoms with Gasteiger partial charge in [0.2, 0.25) is 0 Å². The molecule has 0 amide bonds. The lowest BCUT2D eigenvalue weighted by molar-refractivity contribution is -0.406. The molecule has 0 aromatic carbocycles. The van der Waals surface area contributed by atoms with Gasteiger partial charge in [-0.2, -0.15) is 0 Å². The zero-order chi connectivity index (χ0) is 20.2. The molecule has 0 bridgehead atoms. The normalized spacial score (nSPS) is 13.2. The summed E-state index contributed by atoms with van der Waals surface area (Å²) in [6.07, 6.45) is 15.5. The first kappa shape index (κ1) is 27.4. The highest BCUT2D eigenvalue weighted by atomic mass is 79.9. The average Bonchev–Trinajstić information content (AvgIpc) is 2.69. The zero-order valence-electron chi connectivity index (χ0n) is 18.7. The van der Waals surface area contributed by atoms with Crippen molar-refractivity contribution in [2.75, 3.05) is 25.2 Å². The lowest BCUT2D eigenvalue weighted by atomic mass is 9.92. The van der Waals surface area contributed by atoms with Crippen LogP contribution < -0.4 is 0 Å². The average molecular weight is 452 g/mol. The minimum atomic E-state index is -0.849. The molecule has 0 fully saturated rings. The van der Waals surface area contributed by atoms with Crippen LogP contribution in [0.15, 0.2) is 0 Å². The highest BCUT2D eigenvalue weighted by Gasteiger charge is 2.41. The van der Waals surface area contributed by atoms with Crippen LogP contribution in [-0.4, -0.2) is 31.1 Å². The van der Waals surface area contributed by atoms with E-state index in [4.69, 9.17) is 14.2 Å². The van der Waals surface area contributed by atoms with E-state index in [9.17, 15) is 0 Å². The third kappa shape index (κ3) is 13.2. The fraction of sp³-hybridized carbons (Fsp3) is 1.00. The van der Waals surface area contributed by atoms with E-state index in [2.05, 4.69) is 43.6 Å². The van der Waals surface area contributed by atoms with Gasteiger partial charge < -0.3 is 14.2 Å². The molecule has 0 aromatic heterocycles. The molecule has 0 rings (SSSR count). The fourth-order valence-electron chi connectivity index (χ4n) is 3.37. The summed E-state index contributed by atoms with van der Waals surface area (Å²) < 4.78 is 18.9. The third-order valence-electron chi connectivity index (χ3n) is 4.86. The molecule has 0 spiro atoms. The number of halogens is 1. The first-order valence-corrected chi connectivity index (χ1v) is 12.8. The Morgan fingerprint density at radius 2 is 1.04 bits per heavy atom. The van der Waals surface area contributed by atoms with Crippen molar-refractivity contribution in [3.05, 3.63) is 0 Å². The predicted molar refractivity (Wildman–Crippen MR) is 121 cm³/mol. The van der Waals surface area contributed by atoms with Crippen LogP contribution >= 0.6 is 15.9 Å². The molecule has 0 N–H and O–H groups in total. The van der Waals surface area contributed by atoms with Gasteiger partial charge in [0, 0.05) is 11.2 Å². The Morgan fingerprint density at radius 3 is 1.48 bits per heavy atom. The first-order chi connectivity index (χ1) is 13.2. The van der Waals surface area contributed by atoms with E-state index in [0.29, 0.717) is 25.7 Å². The van der Waals surface area contributed by atoms with E-state index in [1.54, 1.807) is 0 Å². The van der Waals surface area contributed by atoms with E-state index in [0.717, 1.165) is 37.4 Å². The van der Waals surface area contributed by atoms with Crippen LogP contribution in [0, 0.1) is 5.92 Å². The molecule has 0 radical (unpaired) electrons. The summed E-state index contributed by atoms with van der Waals surface area (Å²) in [5.74, 6) is -0.537. The maximum atomic E-state index is 6.32. The minimum absolute atomic E-state index is 0.312. The van der Waals surface area contributed by atoms with Gasteiger partial charge in [0.1, 0.15) is 0 Å². The number of alkyl halides is 1. The maximum Gasteiger partial charge on any atom is 0.285 e. The monoisotopic (exact) mass is 450 g/mol. The van der Waals surface area contributed by atoms with Gasteiger partial charge in [-0.25, -0.2) is 0 Å². The Kier molecular flexibility index (Phi) is 19.9. The Morgan fingerprint density at radius 1 is 0.593 bits per heavy atom. The number of unbranched alkanes of at least 4 members (excludes halogenated alkanes) is 6. The molecule has 0 saturated heterocycles. The van der Waals surface area contributed by atoms with Gasteiger partial charge in [0.25, 0.3) is 5.97 Å². The van der Waals surface area contributed by atoms with Crippen LogP contribution in [0.5, 0.6) is 0 Å². The first-order valence-electron chi connectivity index (χ1n) is 11.7. The number of hydrogen-bond acceptors (Lipinski definition) is 3. The summed E-state index contributed by atoms with van der Waals surface area (Å²) in [6, 6.07) is 0. The molecule has 0 saturated carbocycles. The molecule has 0 aromatic rings. The van der Waals surface area contributed by atoms with Gasteiger partial charge in [-0.1, -0.05) is 88.6 Å². The van der Waals surface area contributed by atoms with Gasteiger partial charge in [0.15, 0.2) is 0 Å². The van der Waals surface area contributed by atoms with Crippen molar-refractivity contribution in [2.24, 2.45) is 5.92 Å². The smallest absolute Gasteiger partial charge is 0.285 e.